The van der Waals surface area contributed by atoms with Crippen molar-refractivity contribution < 1.29 is 14.4 Å². The molecule has 0 amide bonds. The molecule has 6 nitrogen and oxygen atoms in total. The van der Waals surface area contributed by atoms with Gasteiger partial charge in [0.2, 0.25) is 11.7 Å². The summed E-state index contributed by atoms with van der Waals surface area (Å²) in [4.78, 5) is 17.3. The lowest BCUT2D eigenvalue weighted by atomic mass is 9.98. The van der Waals surface area contributed by atoms with Crippen molar-refractivity contribution in [3.8, 4) is 11.4 Å². The van der Waals surface area contributed by atoms with Gasteiger partial charge in [0, 0.05) is 23.7 Å². The van der Waals surface area contributed by atoms with Gasteiger partial charge in [-0.25, -0.2) is 0 Å². The predicted molar refractivity (Wildman–Crippen MR) is 92.7 cm³/mol. The zero-order valence-corrected chi connectivity index (χ0v) is 14.6. The summed E-state index contributed by atoms with van der Waals surface area (Å²) in [5, 5.41) is 13.5. The van der Waals surface area contributed by atoms with E-state index >= 15 is 0 Å². The molecule has 8 heteroatoms. The van der Waals surface area contributed by atoms with Gasteiger partial charge in [-0.05, 0) is 43.7 Å². The highest BCUT2D eigenvalue weighted by Gasteiger charge is 2.26. The summed E-state index contributed by atoms with van der Waals surface area (Å²) in [6.45, 7) is 2.24. The standard InChI is InChI=1S/C16H18ClN3O3.ClH/c17-13-5-3-11(4-6-13)15-18-16(23-19-15)12-2-1-8-20(10-12)9-7-14(21)22;/h3-6,12H,1-2,7-10H2,(H,21,22);1H. The van der Waals surface area contributed by atoms with Gasteiger partial charge >= 0.3 is 5.97 Å². The van der Waals surface area contributed by atoms with Crippen LogP contribution in [0.5, 0.6) is 0 Å². The third kappa shape index (κ3) is 4.69. The van der Waals surface area contributed by atoms with Gasteiger partial charge in [-0.3, -0.25) is 4.79 Å². The maximum Gasteiger partial charge on any atom is 0.304 e. The van der Waals surface area contributed by atoms with E-state index in [9.17, 15) is 4.79 Å². The molecule has 1 atom stereocenters. The quantitative estimate of drug-likeness (QED) is 0.866. The third-order valence-electron chi connectivity index (χ3n) is 4.04. The Hall–Kier alpha value is -1.63. The van der Waals surface area contributed by atoms with Crippen molar-refractivity contribution in [2.45, 2.75) is 25.2 Å². The Morgan fingerprint density at radius 3 is 2.83 bits per heavy atom. The molecule has 0 spiro atoms. The van der Waals surface area contributed by atoms with Crippen LogP contribution < -0.4 is 0 Å². The van der Waals surface area contributed by atoms with E-state index < -0.39 is 5.97 Å². The fraction of sp³-hybridized carbons (Fsp3) is 0.438. The van der Waals surface area contributed by atoms with E-state index in [0.29, 0.717) is 23.3 Å². The van der Waals surface area contributed by atoms with Crippen LogP contribution in [0.1, 0.15) is 31.1 Å². The van der Waals surface area contributed by atoms with Crippen LogP contribution in [0.4, 0.5) is 0 Å². The summed E-state index contributed by atoms with van der Waals surface area (Å²) in [5.41, 5.74) is 0.864. The van der Waals surface area contributed by atoms with Crippen molar-refractivity contribution >= 4 is 30.0 Å². The van der Waals surface area contributed by atoms with Gasteiger partial charge in [-0.2, -0.15) is 4.98 Å². The average Bonchev–Trinajstić information content (AvgIpc) is 3.04. The van der Waals surface area contributed by atoms with Crippen LogP contribution >= 0.6 is 24.0 Å². The van der Waals surface area contributed by atoms with Crippen molar-refractivity contribution in [2.24, 2.45) is 0 Å². The van der Waals surface area contributed by atoms with Gasteiger partial charge in [0.05, 0.1) is 12.3 Å². The second kappa shape index (κ2) is 8.46. The molecule has 1 unspecified atom stereocenters. The smallest absolute Gasteiger partial charge is 0.304 e. The number of benzene rings is 1. The van der Waals surface area contributed by atoms with Crippen molar-refractivity contribution in [1.82, 2.24) is 15.0 Å². The molecule has 130 valence electrons. The number of rotatable bonds is 5. The Bertz CT molecular complexity index is 675. The van der Waals surface area contributed by atoms with Crippen LogP contribution in [0.25, 0.3) is 11.4 Å². The van der Waals surface area contributed by atoms with E-state index in [-0.39, 0.29) is 24.7 Å². The number of likely N-dealkylation sites (tertiary alicyclic amines) is 1. The topological polar surface area (TPSA) is 79.5 Å². The SMILES string of the molecule is Cl.O=C(O)CCN1CCCC(c2nc(-c3ccc(Cl)cc3)no2)C1. The Balaban J connectivity index is 0.00000208. The number of aromatic nitrogens is 2. The molecular formula is C16H19Cl2N3O3. The summed E-state index contributed by atoms with van der Waals surface area (Å²) in [7, 11) is 0. The molecule has 24 heavy (non-hydrogen) atoms. The molecule has 0 aliphatic carbocycles. The minimum atomic E-state index is -0.769. The first kappa shape index (κ1) is 18.7. The first-order valence-corrected chi connectivity index (χ1v) is 8.03. The zero-order chi connectivity index (χ0) is 16.2. The number of piperidine rings is 1. The highest BCUT2D eigenvalue weighted by Crippen LogP contribution is 2.28. The molecular weight excluding hydrogens is 353 g/mol. The maximum atomic E-state index is 10.7. The van der Waals surface area contributed by atoms with Gasteiger partial charge in [-0.15, -0.1) is 12.4 Å². The second-order valence-corrected chi connectivity index (χ2v) is 6.18. The highest BCUT2D eigenvalue weighted by molar-refractivity contribution is 6.30. The van der Waals surface area contributed by atoms with Crippen LogP contribution in [0.15, 0.2) is 28.8 Å². The maximum absolute atomic E-state index is 10.7. The lowest BCUT2D eigenvalue weighted by molar-refractivity contribution is -0.137. The summed E-state index contributed by atoms with van der Waals surface area (Å²) in [5.74, 6) is 0.565. The minimum Gasteiger partial charge on any atom is -0.481 e. The molecule has 1 N–H and O–H groups in total. The molecule has 1 aromatic carbocycles. The molecule has 1 fully saturated rings. The van der Waals surface area contributed by atoms with Crippen molar-refractivity contribution in [3.63, 3.8) is 0 Å². The Kier molecular flexibility index (Phi) is 6.60. The van der Waals surface area contributed by atoms with E-state index in [4.69, 9.17) is 21.2 Å². The normalized spacial score (nSPS) is 18.1. The Labute approximate surface area is 151 Å². The number of halogens is 2. The summed E-state index contributed by atoms with van der Waals surface area (Å²) < 4.78 is 5.43. The van der Waals surface area contributed by atoms with Gasteiger partial charge in [0.1, 0.15) is 0 Å². The van der Waals surface area contributed by atoms with E-state index in [1.54, 1.807) is 12.1 Å². The van der Waals surface area contributed by atoms with Gasteiger partial charge in [0.25, 0.3) is 0 Å². The summed E-state index contributed by atoms with van der Waals surface area (Å²) in [6.07, 6.45) is 2.14. The fourth-order valence-electron chi connectivity index (χ4n) is 2.83. The molecule has 1 aromatic heterocycles. The number of hydrogen-bond donors (Lipinski definition) is 1. The molecule has 1 aliphatic heterocycles. The number of aliphatic carboxylic acids is 1. The average molecular weight is 372 g/mol. The lowest BCUT2D eigenvalue weighted by Crippen LogP contribution is -2.35. The fourth-order valence-corrected chi connectivity index (χ4v) is 2.96. The lowest BCUT2D eigenvalue weighted by Gasteiger charge is -2.30. The monoisotopic (exact) mass is 371 g/mol. The van der Waals surface area contributed by atoms with Crippen LogP contribution in [0.3, 0.4) is 0 Å². The molecule has 0 bridgehead atoms. The first-order valence-electron chi connectivity index (χ1n) is 7.65. The second-order valence-electron chi connectivity index (χ2n) is 5.75. The van der Waals surface area contributed by atoms with Crippen LogP contribution in [0.2, 0.25) is 5.02 Å². The first-order chi connectivity index (χ1) is 11.1. The summed E-state index contributed by atoms with van der Waals surface area (Å²) in [6, 6.07) is 7.30. The Morgan fingerprint density at radius 2 is 2.12 bits per heavy atom. The molecule has 2 heterocycles. The number of carboxylic acid groups (broad SMARTS) is 1. The van der Waals surface area contributed by atoms with Crippen molar-refractivity contribution in [3.05, 3.63) is 35.2 Å². The highest BCUT2D eigenvalue weighted by atomic mass is 35.5. The minimum absolute atomic E-state index is 0. The molecule has 1 saturated heterocycles. The number of hydrogen-bond acceptors (Lipinski definition) is 5. The van der Waals surface area contributed by atoms with Crippen LogP contribution in [-0.2, 0) is 4.79 Å². The molecule has 0 radical (unpaired) electrons. The van der Waals surface area contributed by atoms with E-state index in [2.05, 4.69) is 15.0 Å². The molecule has 2 aromatic rings. The molecule has 1 aliphatic rings. The molecule has 0 saturated carbocycles. The zero-order valence-electron chi connectivity index (χ0n) is 13.0. The van der Waals surface area contributed by atoms with Crippen LogP contribution in [-0.4, -0.2) is 45.8 Å². The number of carbonyl (C=O) groups is 1. The van der Waals surface area contributed by atoms with Gasteiger partial charge < -0.3 is 14.5 Å². The van der Waals surface area contributed by atoms with E-state index in [1.807, 2.05) is 12.1 Å². The number of carboxylic acids is 1. The van der Waals surface area contributed by atoms with Gasteiger partial charge in [0.15, 0.2) is 0 Å². The van der Waals surface area contributed by atoms with Gasteiger partial charge in [-0.1, -0.05) is 16.8 Å². The third-order valence-corrected chi connectivity index (χ3v) is 4.29. The largest absolute Gasteiger partial charge is 0.481 e. The van der Waals surface area contributed by atoms with E-state index in [0.717, 1.165) is 31.5 Å². The van der Waals surface area contributed by atoms with Crippen molar-refractivity contribution in [1.29, 1.82) is 0 Å². The predicted octanol–water partition coefficient (Wildman–Crippen LogP) is 3.47. The van der Waals surface area contributed by atoms with Crippen molar-refractivity contribution in [2.75, 3.05) is 19.6 Å². The Morgan fingerprint density at radius 1 is 1.38 bits per heavy atom. The summed E-state index contributed by atoms with van der Waals surface area (Å²) >= 11 is 5.88. The molecule has 3 rings (SSSR count). The van der Waals surface area contributed by atoms with E-state index in [1.165, 1.54) is 0 Å². The van der Waals surface area contributed by atoms with Crippen LogP contribution in [0, 0.1) is 0 Å². The number of nitrogens with zero attached hydrogens (tertiary/aromatic N) is 3.